The summed E-state index contributed by atoms with van der Waals surface area (Å²) in [5.41, 5.74) is 1.89. The molecule has 0 aliphatic rings. The van der Waals surface area contributed by atoms with Crippen LogP contribution in [0, 0.1) is 5.82 Å². The zero-order valence-corrected chi connectivity index (χ0v) is 23.0. The second-order valence-electron chi connectivity index (χ2n) is 10.2. The van der Waals surface area contributed by atoms with Gasteiger partial charge in [-0.25, -0.2) is 12.8 Å². The Labute approximate surface area is 214 Å². The van der Waals surface area contributed by atoms with Crippen molar-refractivity contribution in [2.24, 2.45) is 0 Å². The summed E-state index contributed by atoms with van der Waals surface area (Å²) in [6.07, 6.45) is 1.76. The third kappa shape index (κ3) is 8.05. The van der Waals surface area contributed by atoms with Gasteiger partial charge in [0.15, 0.2) is 0 Å². The molecule has 9 heteroatoms. The minimum Gasteiger partial charge on any atom is -0.352 e. The van der Waals surface area contributed by atoms with Crippen molar-refractivity contribution in [3.05, 3.63) is 65.5 Å². The summed E-state index contributed by atoms with van der Waals surface area (Å²) in [7, 11) is -3.81. The lowest BCUT2D eigenvalue weighted by Crippen LogP contribution is -2.52. The van der Waals surface area contributed by atoms with Gasteiger partial charge in [0.2, 0.25) is 21.8 Å². The predicted octanol–water partition coefficient (Wildman–Crippen LogP) is 4.22. The summed E-state index contributed by atoms with van der Waals surface area (Å²) in [5, 5.41) is 2.87. The number of halogens is 1. The highest BCUT2D eigenvalue weighted by molar-refractivity contribution is 7.92. The van der Waals surface area contributed by atoms with Crippen molar-refractivity contribution in [2.75, 3.05) is 17.1 Å². The van der Waals surface area contributed by atoms with E-state index in [2.05, 4.69) is 26.1 Å². The first-order chi connectivity index (χ1) is 16.6. The van der Waals surface area contributed by atoms with Crippen molar-refractivity contribution >= 4 is 27.5 Å². The third-order valence-corrected chi connectivity index (χ3v) is 7.28. The zero-order chi connectivity index (χ0) is 27.3. The fraction of sp³-hybridized carbons (Fsp3) is 0.481. The van der Waals surface area contributed by atoms with Crippen LogP contribution in [0.2, 0.25) is 0 Å². The largest absolute Gasteiger partial charge is 0.352 e. The van der Waals surface area contributed by atoms with Crippen LogP contribution in [0.15, 0.2) is 48.5 Å². The number of hydrogen-bond donors (Lipinski definition) is 1. The van der Waals surface area contributed by atoms with E-state index in [1.165, 1.54) is 29.2 Å². The van der Waals surface area contributed by atoms with Crippen LogP contribution in [-0.4, -0.2) is 50.0 Å². The van der Waals surface area contributed by atoms with Crippen LogP contribution in [0.1, 0.15) is 59.1 Å². The van der Waals surface area contributed by atoms with Gasteiger partial charge in [-0.05, 0) is 61.1 Å². The van der Waals surface area contributed by atoms with Crippen molar-refractivity contribution in [2.45, 2.75) is 72.0 Å². The van der Waals surface area contributed by atoms with Crippen LogP contribution in [0.3, 0.4) is 0 Å². The smallest absolute Gasteiger partial charge is 0.244 e. The maximum Gasteiger partial charge on any atom is 0.244 e. The van der Waals surface area contributed by atoms with E-state index >= 15 is 0 Å². The molecule has 2 aromatic carbocycles. The molecule has 0 saturated carbocycles. The summed E-state index contributed by atoms with van der Waals surface area (Å²) in [5.74, 6) is -1.31. The number of carbonyl (C=O) groups is 2. The normalized spacial score (nSPS) is 13.6. The van der Waals surface area contributed by atoms with Crippen LogP contribution in [0.4, 0.5) is 10.1 Å². The minimum absolute atomic E-state index is 0.0226. The van der Waals surface area contributed by atoms with Crippen molar-refractivity contribution in [1.82, 2.24) is 10.2 Å². The molecule has 0 saturated heterocycles. The van der Waals surface area contributed by atoms with Gasteiger partial charge in [-0.15, -0.1) is 0 Å². The van der Waals surface area contributed by atoms with Gasteiger partial charge in [-0.3, -0.25) is 13.9 Å². The maximum absolute atomic E-state index is 13.5. The molecule has 2 amide bonds. The van der Waals surface area contributed by atoms with E-state index in [-0.39, 0.29) is 23.9 Å². The van der Waals surface area contributed by atoms with Crippen molar-refractivity contribution in [3.63, 3.8) is 0 Å². The molecule has 0 spiro atoms. The second-order valence-corrected chi connectivity index (χ2v) is 12.1. The summed E-state index contributed by atoms with van der Waals surface area (Å²) in [4.78, 5) is 27.8. The fourth-order valence-corrected chi connectivity index (χ4v) is 4.43. The Bertz CT molecular complexity index is 1140. The summed E-state index contributed by atoms with van der Waals surface area (Å²) < 4.78 is 39.8. The van der Waals surface area contributed by atoms with Crippen molar-refractivity contribution < 1.29 is 22.4 Å². The van der Waals surface area contributed by atoms with E-state index in [9.17, 15) is 22.4 Å². The molecule has 36 heavy (non-hydrogen) atoms. The van der Waals surface area contributed by atoms with E-state index in [0.29, 0.717) is 11.3 Å². The number of benzene rings is 2. The van der Waals surface area contributed by atoms with Gasteiger partial charge in [0.1, 0.15) is 18.4 Å². The van der Waals surface area contributed by atoms with E-state index in [1.54, 1.807) is 19.1 Å². The molecule has 0 heterocycles. The van der Waals surface area contributed by atoms with E-state index in [1.807, 2.05) is 26.0 Å². The molecule has 0 bridgehead atoms. The van der Waals surface area contributed by atoms with Gasteiger partial charge in [-0.1, -0.05) is 52.0 Å². The third-order valence-electron chi connectivity index (χ3n) is 6.14. The molecule has 0 radical (unpaired) electrons. The van der Waals surface area contributed by atoms with Crippen molar-refractivity contribution in [1.29, 1.82) is 0 Å². The fourth-order valence-electron chi connectivity index (χ4n) is 3.58. The van der Waals surface area contributed by atoms with Crippen LogP contribution in [0.5, 0.6) is 0 Å². The molecule has 0 aliphatic heterocycles. The standard InChI is InChI=1S/C27H38FN3O4S/c1-8-19(2)29-26(33)20(3)30(17-21-9-13-23(28)14-10-21)25(32)18-31(36(7,34)35)24-15-11-22(12-16-24)27(4,5)6/h9-16,19-20H,8,17-18H2,1-7H3,(H,29,33)/t19-,20-/m0/s1. The molecular formula is C27H38FN3O4S. The minimum atomic E-state index is -3.81. The highest BCUT2D eigenvalue weighted by Crippen LogP contribution is 2.26. The molecule has 0 aromatic heterocycles. The molecule has 0 unspecified atom stereocenters. The Morgan fingerprint density at radius 1 is 1.00 bits per heavy atom. The number of nitrogens with one attached hydrogen (secondary N) is 1. The van der Waals surface area contributed by atoms with Gasteiger partial charge in [0.05, 0.1) is 11.9 Å². The van der Waals surface area contributed by atoms with Gasteiger partial charge < -0.3 is 10.2 Å². The van der Waals surface area contributed by atoms with Gasteiger partial charge in [0, 0.05) is 12.6 Å². The number of carbonyl (C=O) groups excluding carboxylic acids is 2. The van der Waals surface area contributed by atoms with E-state index < -0.39 is 34.3 Å². The predicted molar refractivity (Wildman–Crippen MR) is 142 cm³/mol. The summed E-state index contributed by atoms with van der Waals surface area (Å²) in [6, 6.07) is 11.7. The SMILES string of the molecule is CC[C@H](C)NC(=O)[C@H](C)N(Cc1ccc(F)cc1)C(=O)CN(c1ccc(C(C)(C)C)cc1)S(C)(=O)=O. The first-order valence-electron chi connectivity index (χ1n) is 12.1. The topological polar surface area (TPSA) is 86.8 Å². The lowest BCUT2D eigenvalue weighted by Gasteiger charge is -2.32. The first kappa shape index (κ1) is 29.3. The van der Waals surface area contributed by atoms with Crippen LogP contribution in [-0.2, 0) is 31.6 Å². The molecule has 0 aliphatic carbocycles. The molecule has 198 valence electrons. The number of rotatable bonds is 10. The average Bonchev–Trinajstić information content (AvgIpc) is 2.80. The van der Waals surface area contributed by atoms with E-state index in [4.69, 9.17) is 0 Å². The number of nitrogens with zero attached hydrogens (tertiary/aromatic N) is 2. The molecule has 7 nitrogen and oxygen atoms in total. The Hall–Kier alpha value is -2.94. The number of anilines is 1. The Kier molecular flexibility index (Phi) is 9.65. The molecule has 2 rings (SSSR count). The quantitative estimate of drug-likeness (QED) is 0.509. The molecule has 1 N–H and O–H groups in total. The summed E-state index contributed by atoms with van der Waals surface area (Å²) in [6.45, 7) is 11.1. The van der Waals surface area contributed by atoms with Crippen LogP contribution < -0.4 is 9.62 Å². The molecular weight excluding hydrogens is 481 g/mol. The summed E-state index contributed by atoms with van der Waals surface area (Å²) >= 11 is 0. The van der Waals surface area contributed by atoms with Crippen LogP contribution >= 0.6 is 0 Å². The number of sulfonamides is 1. The first-order valence-corrected chi connectivity index (χ1v) is 13.9. The van der Waals surface area contributed by atoms with Crippen molar-refractivity contribution in [3.8, 4) is 0 Å². The second kappa shape index (κ2) is 11.9. The van der Waals surface area contributed by atoms with Gasteiger partial charge in [0.25, 0.3) is 0 Å². The number of amides is 2. The molecule has 0 fully saturated rings. The van der Waals surface area contributed by atoms with E-state index in [0.717, 1.165) is 22.5 Å². The molecule has 2 atom stereocenters. The molecule has 2 aromatic rings. The van der Waals surface area contributed by atoms with Gasteiger partial charge >= 0.3 is 0 Å². The average molecular weight is 520 g/mol. The monoisotopic (exact) mass is 519 g/mol. The Balaban J connectivity index is 2.39. The maximum atomic E-state index is 13.5. The number of hydrogen-bond acceptors (Lipinski definition) is 4. The zero-order valence-electron chi connectivity index (χ0n) is 22.2. The van der Waals surface area contributed by atoms with Gasteiger partial charge in [-0.2, -0.15) is 0 Å². The highest BCUT2D eigenvalue weighted by Gasteiger charge is 2.30. The lowest BCUT2D eigenvalue weighted by molar-refractivity contribution is -0.139. The highest BCUT2D eigenvalue weighted by atomic mass is 32.2. The van der Waals surface area contributed by atoms with Crippen LogP contribution in [0.25, 0.3) is 0 Å². The Morgan fingerprint density at radius 3 is 2.03 bits per heavy atom. The lowest BCUT2D eigenvalue weighted by atomic mass is 9.87. The Morgan fingerprint density at radius 2 is 1.56 bits per heavy atom.